The van der Waals surface area contributed by atoms with Crippen LogP contribution < -0.4 is 5.32 Å². The Morgan fingerprint density at radius 3 is 2.85 bits per heavy atom. The molecule has 0 aliphatic carbocycles. The molecule has 2 nitrogen and oxygen atoms in total. The second kappa shape index (κ2) is 7.58. The molecule has 1 aliphatic rings. The lowest BCUT2D eigenvalue weighted by Gasteiger charge is -2.41. The van der Waals surface area contributed by atoms with Gasteiger partial charge in [0.2, 0.25) is 0 Å². The molecule has 20 heavy (non-hydrogen) atoms. The van der Waals surface area contributed by atoms with Crippen molar-refractivity contribution in [2.75, 3.05) is 13.1 Å². The molecule has 3 heteroatoms. The largest absolute Gasteiger partial charge is 0.314 e. The third-order valence-corrected chi connectivity index (χ3v) is 5.49. The summed E-state index contributed by atoms with van der Waals surface area (Å²) in [7, 11) is 0. The lowest BCUT2D eigenvalue weighted by Crippen LogP contribution is -2.51. The smallest absolute Gasteiger partial charge is 0.0118 e. The van der Waals surface area contributed by atoms with E-state index in [0.29, 0.717) is 12.1 Å². The molecule has 0 saturated carbocycles. The van der Waals surface area contributed by atoms with E-state index in [-0.39, 0.29) is 0 Å². The van der Waals surface area contributed by atoms with Crippen LogP contribution in [0, 0.1) is 6.92 Å². The van der Waals surface area contributed by atoms with E-state index >= 15 is 0 Å². The average molecular weight is 295 g/mol. The third kappa shape index (κ3) is 4.31. The van der Waals surface area contributed by atoms with E-state index < -0.39 is 0 Å². The monoisotopic (exact) mass is 294 g/mol. The summed E-state index contributed by atoms with van der Waals surface area (Å²) >= 11 is 1.95. The SMILES string of the molecule is CCCNC1CCN(C(C)Cc2ccc(C)s2)C(C)C1. The van der Waals surface area contributed by atoms with Crippen molar-refractivity contribution in [3.63, 3.8) is 0 Å². The molecular formula is C17H30N2S. The zero-order valence-corrected chi connectivity index (χ0v) is 14.3. The average Bonchev–Trinajstić information content (AvgIpc) is 2.81. The Labute approximate surface area is 128 Å². The van der Waals surface area contributed by atoms with Gasteiger partial charge in [0.05, 0.1) is 0 Å². The van der Waals surface area contributed by atoms with E-state index in [2.05, 4.69) is 50.0 Å². The number of piperidine rings is 1. The molecule has 1 aliphatic heterocycles. The van der Waals surface area contributed by atoms with Gasteiger partial charge in [0, 0.05) is 34.4 Å². The van der Waals surface area contributed by atoms with E-state index in [1.54, 1.807) is 0 Å². The van der Waals surface area contributed by atoms with Crippen LogP contribution in [0.25, 0.3) is 0 Å². The molecule has 1 saturated heterocycles. The van der Waals surface area contributed by atoms with Gasteiger partial charge in [-0.2, -0.15) is 0 Å². The van der Waals surface area contributed by atoms with Gasteiger partial charge >= 0.3 is 0 Å². The number of aryl methyl sites for hydroxylation is 1. The number of hydrogen-bond donors (Lipinski definition) is 1. The Balaban J connectivity index is 1.83. The van der Waals surface area contributed by atoms with E-state index in [9.17, 15) is 0 Å². The first kappa shape index (κ1) is 16.0. The van der Waals surface area contributed by atoms with Gasteiger partial charge in [0.1, 0.15) is 0 Å². The van der Waals surface area contributed by atoms with Crippen molar-refractivity contribution in [1.82, 2.24) is 10.2 Å². The van der Waals surface area contributed by atoms with E-state index in [0.717, 1.165) is 6.04 Å². The van der Waals surface area contributed by atoms with Crippen LogP contribution in [0.1, 0.15) is 49.8 Å². The van der Waals surface area contributed by atoms with Crippen molar-refractivity contribution in [2.24, 2.45) is 0 Å². The van der Waals surface area contributed by atoms with Gasteiger partial charge < -0.3 is 5.32 Å². The summed E-state index contributed by atoms with van der Waals surface area (Å²) in [5, 5.41) is 3.69. The van der Waals surface area contributed by atoms with Gasteiger partial charge in [-0.05, 0) is 65.1 Å². The zero-order chi connectivity index (χ0) is 14.5. The molecule has 0 aromatic carbocycles. The van der Waals surface area contributed by atoms with Crippen LogP contribution in [-0.4, -0.2) is 36.1 Å². The first-order valence-corrected chi connectivity index (χ1v) is 8.96. The van der Waals surface area contributed by atoms with E-state index in [4.69, 9.17) is 0 Å². The lowest BCUT2D eigenvalue weighted by atomic mass is 9.95. The van der Waals surface area contributed by atoms with Crippen molar-refractivity contribution in [3.8, 4) is 0 Å². The van der Waals surface area contributed by atoms with Gasteiger partial charge in [-0.1, -0.05) is 6.92 Å². The highest BCUT2D eigenvalue weighted by Crippen LogP contribution is 2.24. The first-order chi connectivity index (χ1) is 9.60. The highest BCUT2D eigenvalue weighted by molar-refractivity contribution is 7.11. The molecule has 3 unspecified atom stereocenters. The van der Waals surface area contributed by atoms with Gasteiger partial charge in [0.15, 0.2) is 0 Å². The van der Waals surface area contributed by atoms with Crippen LogP contribution in [0.5, 0.6) is 0 Å². The molecule has 1 fully saturated rings. The zero-order valence-electron chi connectivity index (χ0n) is 13.5. The number of rotatable bonds is 6. The quantitative estimate of drug-likeness (QED) is 0.857. The van der Waals surface area contributed by atoms with Crippen LogP contribution in [-0.2, 0) is 6.42 Å². The minimum Gasteiger partial charge on any atom is -0.314 e. The molecule has 0 amide bonds. The van der Waals surface area contributed by atoms with Crippen molar-refractivity contribution in [3.05, 3.63) is 21.9 Å². The van der Waals surface area contributed by atoms with E-state index in [1.165, 1.54) is 48.5 Å². The molecule has 1 aromatic rings. The van der Waals surface area contributed by atoms with Crippen LogP contribution in [0.3, 0.4) is 0 Å². The molecular weight excluding hydrogens is 264 g/mol. The fourth-order valence-electron chi connectivity index (χ4n) is 3.38. The molecule has 1 N–H and O–H groups in total. The van der Waals surface area contributed by atoms with Crippen LogP contribution in [0.4, 0.5) is 0 Å². The highest BCUT2D eigenvalue weighted by atomic mass is 32.1. The summed E-state index contributed by atoms with van der Waals surface area (Å²) in [5.74, 6) is 0. The lowest BCUT2D eigenvalue weighted by molar-refractivity contribution is 0.0959. The Bertz CT molecular complexity index is 401. The van der Waals surface area contributed by atoms with Crippen molar-refractivity contribution in [2.45, 2.75) is 71.5 Å². The number of likely N-dealkylation sites (tertiary alicyclic amines) is 1. The van der Waals surface area contributed by atoms with Crippen molar-refractivity contribution < 1.29 is 0 Å². The molecule has 2 heterocycles. The van der Waals surface area contributed by atoms with Crippen molar-refractivity contribution in [1.29, 1.82) is 0 Å². The third-order valence-electron chi connectivity index (χ3n) is 4.47. The maximum absolute atomic E-state index is 3.69. The summed E-state index contributed by atoms with van der Waals surface area (Å²) in [6.07, 6.45) is 5.05. The molecule has 0 spiro atoms. The number of hydrogen-bond acceptors (Lipinski definition) is 3. The molecule has 3 atom stereocenters. The highest BCUT2D eigenvalue weighted by Gasteiger charge is 2.28. The first-order valence-electron chi connectivity index (χ1n) is 8.14. The Hall–Kier alpha value is -0.380. The Morgan fingerprint density at radius 1 is 1.45 bits per heavy atom. The van der Waals surface area contributed by atoms with Gasteiger partial charge in [-0.15, -0.1) is 11.3 Å². The molecule has 0 radical (unpaired) electrons. The molecule has 1 aromatic heterocycles. The van der Waals surface area contributed by atoms with Crippen LogP contribution in [0.2, 0.25) is 0 Å². The minimum absolute atomic E-state index is 0.662. The molecule has 0 bridgehead atoms. The predicted molar refractivity (Wildman–Crippen MR) is 89.7 cm³/mol. The maximum atomic E-state index is 3.69. The van der Waals surface area contributed by atoms with E-state index in [1.807, 2.05) is 11.3 Å². The van der Waals surface area contributed by atoms with Crippen molar-refractivity contribution >= 4 is 11.3 Å². The second-order valence-corrected chi connectivity index (χ2v) is 7.70. The second-order valence-electron chi connectivity index (χ2n) is 6.33. The predicted octanol–water partition coefficient (Wildman–Crippen LogP) is 3.84. The molecule has 2 rings (SSSR count). The van der Waals surface area contributed by atoms with Crippen LogP contribution >= 0.6 is 11.3 Å². The van der Waals surface area contributed by atoms with Crippen LogP contribution in [0.15, 0.2) is 12.1 Å². The number of nitrogens with zero attached hydrogens (tertiary/aromatic N) is 1. The maximum Gasteiger partial charge on any atom is 0.0118 e. The molecule has 114 valence electrons. The van der Waals surface area contributed by atoms with Gasteiger partial charge in [0.25, 0.3) is 0 Å². The standard InChI is InChI=1S/C17H30N2S/c1-5-9-18-16-8-10-19(13(2)11-16)14(3)12-17-7-6-15(4)20-17/h6-7,13-14,16,18H,5,8-12H2,1-4H3. The number of nitrogens with one attached hydrogen (secondary N) is 1. The fraction of sp³-hybridized carbons (Fsp3) is 0.765. The summed E-state index contributed by atoms with van der Waals surface area (Å²) in [4.78, 5) is 5.68. The normalized spacial score (nSPS) is 25.8. The summed E-state index contributed by atoms with van der Waals surface area (Å²) in [6, 6.07) is 6.65. The Morgan fingerprint density at radius 2 is 2.25 bits per heavy atom. The summed E-state index contributed by atoms with van der Waals surface area (Å²) in [5.41, 5.74) is 0. The van der Waals surface area contributed by atoms with Gasteiger partial charge in [-0.3, -0.25) is 4.90 Å². The van der Waals surface area contributed by atoms with Gasteiger partial charge in [-0.25, -0.2) is 0 Å². The summed E-state index contributed by atoms with van der Waals surface area (Å²) in [6.45, 7) is 11.7. The topological polar surface area (TPSA) is 15.3 Å². The minimum atomic E-state index is 0.662. The Kier molecular flexibility index (Phi) is 6.06. The fourth-order valence-corrected chi connectivity index (χ4v) is 4.39. The number of thiophene rings is 1. The summed E-state index contributed by atoms with van der Waals surface area (Å²) < 4.78 is 0.